The summed E-state index contributed by atoms with van der Waals surface area (Å²) in [4.78, 5) is 2.90. The van der Waals surface area contributed by atoms with Gasteiger partial charge in [0.1, 0.15) is 0 Å². The van der Waals surface area contributed by atoms with Crippen LogP contribution in [0.1, 0.15) is 27.0 Å². The van der Waals surface area contributed by atoms with Gasteiger partial charge in [0.2, 0.25) is 0 Å². The highest BCUT2D eigenvalue weighted by Crippen LogP contribution is 2.36. The Bertz CT molecular complexity index is 332. The molecule has 14 heavy (non-hydrogen) atoms. The quantitative estimate of drug-likeness (QED) is 0.809. The number of hydrogen-bond donors (Lipinski definition) is 1. The van der Waals surface area contributed by atoms with Gasteiger partial charge in [-0.05, 0) is 38.4 Å². The minimum atomic E-state index is 0.272. The van der Waals surface area contributed by atoms with Crippen molar-refractivity contribution in [1.82, 2.24) is 5.32 Å². The Hall–Kier alpha value is -0.380. The fraction of sp³-hybridized carbons (Fsp3) is 0.636. The first-order chi connectivity index (χ1) is 6.74. The number of ether oxygens (including phenoxy) is 1. The fourth-order valence-corrected chi connectivity index (χ4v) is 3.37. The van der Waals surface area contributed by atoms with E-state index in [1.54, 1.807) is 5.56 Å². The molecule has 1 aromatic rings. The van der Waals surface area contributed by atoms with Gasteiger partial charge in [-0.1, -0.05) is 0 Å². The van der Waals surface area contributed by atoms with E-state index in [1.807, 2.05) is 18.4 Å². The third kappa shape index (κ3) is 1.60. The minimum Gasteiger partial charge on any atom is -0.372 e. The molecule has 0 fully saturated rings. The van der Waals surface area contributed by atoms with Gasteiger partial charge < -0.3 is 10.1 Å². The highest BCUT2D eigenvalue weighted by molar-refractivity contribution is 7.12. The maximum absolute atomic E-state index is 5.78. The molecule has 1 aliphatic rings. The summed E-state index contributed by atoms with van der Waals surface area (Å²) in [7, 11) is 1.98. The number of nitrogens with one attached hydrogen (secondary N) is 1. The molecule has 0 spiro atoms. The Balaban J connectivity index is 2.37. The molecule has 0 aliphatic carbocycles. The molecule has 2 heterocycles. The SMILES string of the molecule is CNCC1OCCc2c(C)sc(C)c21. The van der Waals surface area contributed by atoms with Crippen molar-refractivity contribution in [3.05, 3.63) is 20.9 Å². The van der Waals surface area contributed by atoms with Crippen molar-refractivity contribution in [2.24, 2.45) is 0 Å². The van der Waals surface area contributed by atoms with Crippen molar-refractivity contribution < 1.29 is 4.74 Å². The average Bonchev–Trinajstić information content (AvgIpc) is 2.44. The molecule has 2 nitrogen and oxygen atoms in total. The highest BCUT2D eigenvalue weighted by Gasteiger charge is 2.25. The fourth-order valence-electron chi connectivity index (χ4n) is 2.21. The maximum Gasteiger partial charge on any atom is 0.0962 e. The number of hydrogen-bond acceptors (Lipinski definition) is 3. The summed E-state index contributed by atoms with van der Waals surface area (Å²) in [5.74, 6) is 0. The first-order valence-electron chi connectivity index (χ1n) is 5.09. The monoisotopic (exact) mass is 211 g/mol. The van der Waals surface area contributed by atoms with E-state index in [0.29, 0.717) is 0 Å². The number of thiophene rings is 1. The molecule has 0 saturated carbocycles. The predicted octanol–water partition coefficient (Wildman–Crippen LogP) is 2.20. The summed E-state index contributed by atoms with van der Waals surface area (Å²) in [5.41, 5.74) is 2.99. The highest BCUT2D eigenvalue weighted by atomic mass is 32.1. The first-order valence-corrected chi connectivity index (χ1v) is 5.90. The van der Waals surface area contributed by atoms with Gasteiger partial charge in [0.25, 0.3) is 0 Å². The Morgan fingerprint density at radius 2 is 2.21 bits per heavy atom. The second kappa shape index (κ2) is 4.01. The molecule has 1 aliphatic heterocycles. The Kier molecular flexibility index (Phi) is 2.91. The zero-order chi connectivity index (χ0) is 10.1. The van der Waals surface area contributed by atoms with Crippen molar-refractivity contribution in [1.29, 1.82) is 0 Å². The number of rotatable bonds is 2. The van der Waals surface area contributed by atoms with E-state index >= 15 is 0 Å². The van der Waals surface area contributed by atoms with E-state index in [2.05, 4.69) is 19.2 Å². The van der Waals surface area contributed by atoms with Crippen molar-refractivity contribution in [3.8, 4) is 0 Å². The van der Waals surface area contributed by atoms with Crippen LogP contribution in [0.25, 0.3) is 0 Å². The van der Waals surface area contributed by atoms with E-state index in [4.69, 9.17) is 4.74 Å². The summed E-state index contributed by atoms with van der Waals surface area (Å²) < 4.78 is 5.78. The normalized spacial score (nSPS) is 20.9. The Morgan fingerprint density at radius 1 is 1.43 bits per heavy atom. The molecule has 2 rings (SSSR count). The molecular weight excluding hydrogens is 194 g/mol. The van der Waals surface area contributed by atoms with Crippen molar-refractivity contribution in [2.75, 3.05) is 20.2 Å². The molecule has 0 saturated heterocycles. The van der Waals surface area contributed by atoms with Gasteiger partial charge in [-0.2, -0.15) is 0 Å². The van der Waals surface area contributed by atoms with Gasteiger partial charge in [0, 0.05) is 16.3 Å². The summed E-state index contributed by atoms with van der Waals surface area (Å²) in [6.07, 6.45) is 1.36. The van der Waals surface area contributed by atoms with Crippen LogP contribution in [-0.2, 0) is 11.2 Å². The Morgan fingerprint density at radius 3 is 2.93 bits per heavy atom. The van der Waals surface area contributed by atoms with Crippen LogP contribution >= 0.6 is 11.3 Å². The lowest BCUT2D eigenvalue weighted by atomic mass is 9.98. The summed E-state index contributed by atoms with van der Waals surface area (Å²) in [5, 5.41) is 3.19. The molecular formula is C11H17NOS. The van der Waals surface area contributed by atoms with Crippen LogP contribution in [0.3, 0.4) is 0 Å². The lowest BCUT2D eigenvalue weighted by Gasteiger charge is -2.24. The van der Waals surface area contributed by atoms with Crippen LogP contribution in [0.15, 0.2) is 0 Å². The molecule has 0 radical (unpaired) electrons. The first kappa shape index (κ1) is 10.1. The molecule has 1 N–H and O–H groups in total. The maximum atomic E-state index is 5.78. The summed E-state index contributed by atoms with van der Waals surface area (Å²) >= 11 is 1.91. The van der Waals surface area contributed by atoms with E-state index in [-0.39, 0.29) is 6.10 Å². The van der Waals surface area contributed by atoms with E-state index in [1.165, 1.54) is 15.3 Å². The van der Waals surface area contributed by atoms with Crippen molar-refractivity contribution in [2.45, 2.75) is 26.4 Å². The molecule has 0 aromatic carbocycles. The lowest BCUT2D eigenvalue weighted by molar-refractivity contribution is 0.0438. The van der Waals surface area contributed by atoms with E-state index in [0.717, 1.165) is 19.6 Å². The van der Waals surface area contributed by atoms with Gasteiger partial charge in [-0.15, -0.1) is 11.3 Å². The third-order valence-electron chi connectivity index (χ3n) is 2.82. The van der Waals surface area contributed by atoms with Crippen LogP contribution in [0.2, 0.25) is 0 Å². The molecule has 0 bridgehead atoms. The van der Waals surface area contributed by atoms with Gasteiger partial charge in [-0.3, -0.25) is 0 Å². The number of aryl methyl sites for hydroxylation is 2. The zero-order valence-electron chi connectivity index (χ0n) is 9.02. The summed E-state index contributed by atoms with van der Waals surface area (Å²) in [6.45, 7) is 6.21. The standard InChI is InChI=1S/C11H17NOS/c1-7-9-4-5-13-10(6-12-3)11(9)8(2)14-7/h10,12H,4-6H2,1-3H3. The third-order valence-corrected chi connectivity index (χ3v) is 3.90. The predicted molar refractivity (Wildman–Crippen MR) is 60.1 cm³/mol. The van der Waals surface area contributed by atoms with Crippen LogP contribution in [0.5, 0.6) is 0 Å². The van der Waals surface area contributed by atoms with Crippen LogP contribution < -0.4 is 5.32 Å². The van der Waals surface area contributed by atoms with Gasteiger partial charge >= 0.3 is 0 Å². The second-order valence-corrected chi connectivity index (χ2v) is 5.20. The minimum absolute atomic E-state index is 0.272. The molecule has 3 heteroatoms. The van der Waals surface area contributed by atoms with E-state index in [9.17, 15) is 0 Å². The smallest absolute Gasteiger partial charge is 0.0962 e. The van der Waals surface area contributed by atoms with Crippen LogP contribution in [-0.4, -0.2) is 20.2 Å². The van der Waals surface area contributed by atoms with Crippen molar-refractivity contribution >= 4 is 11.3 Å². The molecule has 78 valence electrons. The largest absolute Gasteiger partial charge is 0.372 e. The zero-order valence-corrected chi connectivity index (χ0v) is 9.83. The van der Waals surface area contributed by atoms with Gasteiger partial charge in [-0.25, -0.2) is 0 Å². The van der Waals surface area contributed by atoms with Gasteiger partial charge in [0.15, 0.2) is 0 Å². The lowest BCUT2D eigenvalue weighted by Crippen LogP contribution is -2.25. The molecule has 1 unspecified atom stereocenters. The van der Waals surface area contributed by atoms with Crippen molar-refractivity contribution in [3.63, 3.8) is 0 Å². The van der Waals surface area contributed by atoms with Crippen LogP contribution in [0.4, 0.5) is 0 Å². The number of likely N-dealkylation sites (N-methyl/N-ethyl adjacent to an activating group) is 1. The van der Waals surface area contributed by atoms with E-state index < -0.39 is 0 Å². The average molecular weight is 211 g/mol. The molecule has 1 aromatic heterocycles. The summed E-state index contributed by atoms with van der Waals surface area (Å²) in [6, 6.07) is 0. The number of fused-ring (bicyclic) bond motifs is 1. The second-order valence-electron chi connectivity index (χ2n) is 3.77. The topological polar surface area (TPSA) is 21.3 Å². The molecule has 0 amide bonds. The van der Waals surface area contributed by atoms with Gasteiger partial charge in [0.05, 0.1) is 12.7 Å². The molecule has 1 atom stereocenters. The van der Waals surface area contributed by atoms with Crippen LogP contribution in [0, 0.1) is 13.8 Å². The Labute approximate surface area is 89.3 Å².